The lowest BCUT2D eigenvalue weighted by molar-refractivity contribution is -0.141. The molecule has 2 amide bonds. The number of carbonyl (C=O) groups excluding carboxylic acids is 2. The van der Waals surface area contributed by atoms with Gasteiger partial charge in [0.05, 0.1) is 11.9 Å². The number of rotatable bonds is 11. The van der Waals surface area contributed by atoms with Crippen LogP contribution in [0.4, 0.5) is 10.1 Å². The molecular formula is C23H29ClFN3O4S. The summed E-state index contributed by atoms with van der Waals surface area (Å²) < 4.78 is 39.1. The third-order valence-electron chi connectivity index (χ3n) is 5.17. The third-order valence-corrected chi connectivity index (χ3v) is 6.61. The summed E-state index contributed by atoms with van der Waals surface area (Å²) >= 11 is 5.90. The van der Waals surface area contributed by atoms with Crippen LogP contribution in [0.2, 0.25) is 5.02 Å². The molecule has 10 heteroatoms. The van der Waals surface area contributed by atoms with Crippen LogP contribution < -0.4 is 9.62 Å². The highest BCUT2D eigenvalue weighted by molar-refractivity contribution is 7.92. The summed E-state index contributed by atoms with van der Waals surface area (Å²) in [5.41, 5.74) is 1.14. The molecule has 0 bridgehead atoms. The molecule has 7 nitrogen and oxygen atoms in total. The van der Waals surface area contributed by atoms with Crippen LogP contribution in [0.15, 0.2) is 48.5 Å². The molecule has 2 aromatic carbocycles. The van der Waals surface area contributed by atoms with Crippen LogP contribution in [0.5, 0.6) is 0 Å². The van der Waals surface area contributed by atoms with Crippen LogP contribution >= 0.6 is 11.6 Å². The van der Waals surface area contributed by atoms with Crippen molar-refractivity contribution in [2.75, 3.05) is 24.2 Å². The van der Waals surface area contributed by atoms with E-state index in [1.165, 1.54) is 28.4 Å². The number of benzene rings is 2. The highest BCUT2D eigenvalue weighted by atomic mass is 35.5. The molecule has 0 aromatic heterocycles. The maximum absolute atomic E-state index is 13.3. The van der Waals surface area contributed by atoms with Crippen molar-refractivity contribution in [3.63, 3.8) is 0 Å². The summed E-state index contributed by atoms with van der Waals surface area (Å²) in [6, 6.07) is 11.4. The first-order valence-electron chi connectivity index (χ1n) is 10.6. The van der Waals surface area contributed by atoms with Crippen molar-refractivity contribution in [3.8, 4) is 0 Å². The van der Waals surface area contributed by atoms with Gasteiger partial charge in [0.1, 0.15) is 11.9 Å². The Morgan fingerprint density at radius 2 is 1.70 bits per heavy atom. The van der Waals surface area contributed by atoms with Crippen LogP contribution in [-0.4, -0.2) is 51.0 Å². The fourth-order valence-electron chi connectivity index (χ4n) is 3.48. The molecule has 0 aliphatic heterocycles. The molecule has 0 radical (unpaired) electrons. The van der Waals surface area contributed by atoms with Gasteiger partial charge >= 0.3 is 0 Å². The zero-order chi connectivity index (χ0) is 24.6. The van der Waals surface area contributed by atoms with E-state index in [0.29, 0.717) is 22.7 Å². The SMILES string of the molecule is CC[C@H](C(=O)NC)N(Cc1ccc(F)cc1)C(=O)CCCN(c1ccc(Cl)cc1)S(C)(=O)=O. The summed E-state index contributed by atoms with van der Waals surface area (Å²) in [5.74, 6) is -0.982. The van der Waals surface area contributed by atoms with E-state index in [1.807, 2.05) is 0 Å². The third kappa shape index (κ3) is 7.71. The minimum atomic E-state index is -3.57. The first-order chi connectivity index (χ1) is 15.6. The second-order valence-electron chi connectivity index (χ2n) is 7.60. The molecular weight excluding hydrogens is 469 g/mol. The number of nitrogens with zero attached hydrogens (tertiary/aromatic N) is 2. The molecule has 0 saturated heterocycles. The van der Waals surface area contributed by atoms with Crippen molar-refractivity contribution >= 4 is 39.1 Å². The Morgan fingerprint density at radius 1 is 1.09 bits per heavy atom. The monoisotopic (exact) mass is 497 g/mol. The van der Waals surface area contributed by atoms with E-state index in [-0.39, 0.29) is 37.7 Å². The van der Waals surface area contributed by atoms with E-state index >= 15 is 0 Å². The summed E-state index contributed by atoms with van der Waals surface area (Å²) in [7, 11) is -2.07. The van der Waals surface area contributed by atoms with Gasteiger partial charge in [-0.05, 0) is 54.8 Å². The molecule has 0 aliphatic carbocycles. The first-order valence-corrected chi connectivity index (χ1v) is 12.8. The highest BCUT2D eigenvalue weighted by Gasteiger charge is 2.28. The number of sulfonamides is 1. The van der Waals surface area contributed by atoms with Gasteiger partial charge in [-0.2, -0.15) is 0 Å². The number of carbonyl (C=O) groups is 2. The smallest absolute Gasteiger partial charge is 0.242 e. The minimum Gasteiger partial charge on any atom is -0.357 e. The zero-order valence-corrected chi connectivity index (χ0v) is 20.5. The Hall–Kier alpha value is -2.65. The van der Waals surface area contributed by atoms with Gasteiger partial charge in [-0.3, -0.25) is 13.9 Å². The lowest BCUT2D eigenvalue weighted by Gasteiger charge is -2.30. The van der Waals surface area contributed by atoms with Crippen LogP contribution in [0, 0.1) is 5.82 Å². The number of hydrogen-bond acceptors (Lipinski definition) is 4. The second kappa shape index (κ2) is 12.0. The fraction of sp³-hybridized carbons (Fsp3) is 0.391. The van der Waals surface area contributed by atoms with E-state index in [1.54, 1.807) is 43.3 Å². The van der Waals surface area contributed by atoms with Gasteiger partial charge in [0, 0.05) is 31.6 Å². The van der Waals surface area contributed by atoms with Crippen molar-refractivity contribution in [1.29, 1.82) is 0 Å². The summed E-state index contributed by atoms with van der Waals surface area (Å²) in [6.07, 6.45) is 1.78. The predicted octanol–water partition coefficient (Wildman–Crippen LogP) is 3.58. The quantitative estimate of drug-likeness (QED) is 0.514. The Morgan fingerprint density at radius 3 is 2.21 bits per heavy atom. The molecule has 0 unspecified atom stereocenters. The standard InChI is InChI=1S/C23H29ClFN3O4S/c1-4-21(23(30)26-2)27(16-17-7-11-19(25)12-8-17)22(29)6-5-15-28(33(3,31)32)20-13-9-18(24)10-14-20/h7-14,21H,4-6,15-16H2,1-3H3,(H,26,30)/t21-/m1/s1. The van der Waals surface area contributed by atoms with Crippen molar-refractivity contribution in [2.24, 2.45) is 0 Å². The van der Waals surface area contributed by atoms with Crippen molar-refractivity contribution in [3.05, 3.63) is 64.9 Å². The summed E-state index contributed by atoms with van der Waals surface area (Å²) in [4.78, 5) is 27.0. The Labute approximate surface area is 199 Å². The van der Waals surface area contributed by atoms with Gasteiger partial charge < -0.3 is 10.2 Å². The Balaban J connectivity index is 2.17. The number of likely N-dealkylation sites (N-methyl/N-ethyl adjacent to an activating group) is 1. The van der Waals surface area contributed by atoms with Crippen molar-refractivity contribution < 1.29 is 22.4 Å². The highest BCUT2D eigenvalue weighted by Crippen LogP contribution is 2.21. The molecule has 1 atom stereocenters. The molecule has 0 heterocycles. The van der Waals surface area contributed by atoms with Gasteiger partial charge in [0.25, 0.3) is 0 Å². The largest absolute Gasteiger partial charge is 0.357 e. The number of halogens is 2. The molecule has 2 rings (SSSR count). The van der Waals surface area contributed by atoms with Crippen molar-refractivity contribution in [1.82, 2.24) is 10.2 Å². The fourth-order valence-corrected chi connectivity index (χ4v) is 4.58. The van der Waals surface area contributed by atoms with Gasteiger partial charge in [0.2, 0.25) is 21.8 Å². The molecule has 0 aliphatic rings. The van der Waals surface area contributed by atoms with Gasteiger partial charge in [0.15, 0.2) is 0 Å². The Kier molecular flexibility index (Phi) is 9.67. The zero-order valence-electron chi connectivity index (χ0n) is 18.9. The summed E-state index contributed by atoms with van der Waals surface area (Å²) in [5, 5.41) is 3.06. The van der Waals surface area contributed by atoms with Crippen LogP contribution in [0.25, 0.3) is 0 Å². The molecule has 1 N–H and O–H groups in total. The van der Waals surface area contributed by atoms with Crippen molar-refractivity contribution in [2.45, 2.75) is 38.8 Å². The number of hydrogen-bond donors (Lipinski definition) is 1. The molecule has 0 saturated carbocycles. The van der Waals surface area contributed by atoms with Gasteiger partial charge in [-0.15, -0.1) is 0 Å². The number of amides is 2. The first kappa shape index (κ1) is 26.6. The van der Waals surface area contributed by atoms with Gasteiger partial charge in [-0.25, -0.2) is 12.8 Å². The number of anilines is 1. The normalized spacial score (nSPS) is 12.2. The maximum Gasteiger partial charge on any atom is 0.242 e. The van der Waals surface area contributed by atoms with E-state index in [4.69, 9.17) is 11.6 Å². The Bertz CT molecular complexity index is 1050. The number of nitrogens with one attached hydrogen (secondary N) is 1. The van der Waals surface area contributed by atoms with E-state index in [0.717, 1.165) is 6.26 Å². The molecule has 0 fully saturated rings. The van der Waals surface area contributed by atoms with E-state index < -0.39 is 21.9 Å². The average molecular weight is 498 g/mol. The maximum atomic E-state index is 13.3. The predicted molar refractivity (Wildman–Crippen MR) is 128 cm³/mol. The van der Waals surface area contributed by atoms with E-state index in [9.17, 15) is 22.4 Å². The molecule has 180 valence electrons. The average Bonchev–Trinajstić information content (AvgIpc) is 2.77. The minimum absolute atomic E-state index is 0.0360. The topological polar surface area (TPSA) is 86.8 Å². The lowest BCUT2D eigenvalue weighted by atomic mass is 10.1. The van der Waals surface area contributed by atoms with Crippen LogP contribution in [0.1, 0.15) is 31.7 Å². The van der Waals surface area contributed by atoms with Crippen LogP contribution in [-0.2, 0) is 26.2 Å². The van der Waals surface area contributed by atoms with Gasteiger partial charge in [-0.1, -0.05) is 30.7 Å². The summed E-state index contributed by atoms with van der Waals surface area (Å²) in [6.45, 7) is 2.03. The second-order valence-corrected chi connectivity index (χ2v) is 9.94. The lowest BCUT2D eigenvalue weighted by Crippen LogP contribution is -2.48. The van der Waals surface area contributed by atoms with E-state index in [2.05, 4.69) is 5.32 Å². The molecule has 0 spiro atoms. The molecule has 33 heavy (non-hydrogen) atoms. The molecule has 2 aromatic rings. The van der Waals surface area contributed by atoms with Crippen LogP contribution in [0.3, 0.4) is 0 Å².